The Morgan fingerprint density at radius 3 is 2.80 bits per heavy atom. The molecule has 6 heteroatoms. The lowest BCUT2D eigenvalue weighted by Crippen LogP contribution is -2.15. The van der Waals surface area contributed by atoms with E-state index >= 15 is 0 Å². The van der Waals surface area contributed by atoms with Crippen LogP contribution >= 0.6 is 23.2 Å². The van der Waals surface area contributed by atoms with E-state index in [0.29, 0.717) is 21.3 Å². The summed E-state index contributed by atoms with van der Waals surface area (Å²) in [6.07, 6.45) is 3.40. The molecular formula is C14H9Cl2N3O. The normalized spacial score (nSPS) is 10.7. The molecule has 0 aliphatic heterocycles. The fourth-order valence-corrected chi connectivity index (χ4v) is 2.03. The molecule has 0 spiro atoms. The Morgan fingerprint density at radius 1 is 1.35 bits per heavy atom. The van der Waals surface area contributed by atoms with E-state index in [1.807, 2.05) is 6.07 Å². The molecule has 0 atom stereocenters. The van der Waals surface area contributed by atoms with E-state index in [-0.39, 0.29) is 5.56 Å². The molecule has 1 aromatic carbocycles. The molecule has 0 saturated heterocycles. The molecule has 0 aliphatic rings. The van der Waals surface area contributed by atoms with E-state index in [9.17, 15) is 4.79 Å². The van der Waals surface area contributed by atoms with E-state index in [0.717, 1.165) is 5.56 Å². The van der Waals surface area contributed by atoms with Gasteiger partial charge in [0.2, 0.25) is 0 Å². The lowest BCUT2D eigenvalue weighted by Gasteiger charge is -2.02. The van der Waals surface area contributed by atoms with E-state index in [1.54, 1.807) is 37.3 Å². The van der Waals surface area contributed by atoms with Gasteiger partial charge in [0.15, 0.2) is 0 Å². The van der Waals surface area contributed by atoms with Crippen LogP contribution in [0.3, 0.4) is 0 Å². The zero-order valence-corrected chi connectivity index (χ0v) is 12.0. The van der Waals surface area contributed by atoms with Crippen molar-refractivity contribution in [2.45, 2.75) is 6.92 Å². The van der Waals surface area contributed by atoms with Gasteiger partial charge in [-0.05, 0) is 30.2 Å². The van der Waals surface area contributed by atoms with E-state index < -0.39 is 5.56 Å². The van der Waals surface area contributed by atoms with E-state index in [4.69, 9.17) is 28.5 Å². The zero-order valence-electron chi connectivity index (χ0n) is 10.4. The summed E-state index contributed by atoms with van der Waals surface area (Å²) >= 11 is 12.0. The van der Waals surface area contributed by atoms with Crippen molar-refractivity contribution in [3.05, 3.63) is 61.0 Å². The Kier molecular flexibility index (Phi) is 4.23. The average molecular weight is 306 g/mol. The minimum Gasteiger partial charge on any atom is -0.267 e. The average Bonchev–Trinajstić information content (AvgIpc) is 2.43. The molecule has 2 aromatic rings. The summed E-state index contributed by atoms with van der Waals surface area (Å²) < 4.78 is 0. The molecule has 1 aromatic heterocycles. The van der Waals surface area contributed by atoms with Crippen LogP contribution in [0.1, 0.15) is 22.4 Å². The minimum atomic E-state index is -0.497. The topological polar surface area (TPSA) is 69.5 Å². The molecule has 4 nitrogen and oxygen atoms in total. The zero-order chi connectivity index (χ0) is 14.7. The number of H-pyrrole nitrogens is 1. The molecule has 1 N–H and O–H groups in total. The quantitative estimate of drug-likeness (QED) is 0.924. The third-order valence-corrected chi connectivity index (χ3v) is 3.61. The van der Waals surface area contributed by atoms with Crippen molar-refractivity contribution in [1.82, 2.24) is 10.2 Å². The van der Waals surface area contributed by atoms with Gasteiger partial charge in [0, 0.05) is 0 Å². The third kappa shape index (κ3) is 2.74. The van der Waals surface area contributed by atoms with Gasteiger partial charge in [-0.15, -0.1) is 0 Å². The molecule has 20 heavy (non-hydrogen) atoms. The van der Waals surface area contributed by atoms with Crippen LogP contribution in [0.2, 0.25) is 10.0 Å². The fraction of sp³-hybridized carbons (Fsp3) is 0.0714. The Hall–Kier alpha value is -2.09. The van der Waals surface area contributed by atoms with E-state index in [2.05, 4.69) is 10.2 Å². The highest BCUT2D eigenvalue weighted by Crippen LogP contribution is 2.26. The van der Waals surface area contributed by atoms with Crippen molar-refractivity contribution < 1.29 is 0 Å². The lowest BCUT2D eigenvalue weighted by atomic mass is 10.1. The maximum atomic E-state index is 11.4. The highest BCUT2D eigenvalue weighted by atomic mass is 35.5. The van der Waals surface area contributed by atoms with Crippen molar-refractivity contribution in [1.29, 1.82) is 5.26 Å². The van der Waals surface area contributed by atoms with Gasteiger partial charge in [0.05, 0.1) is 15.7 Å². The second-order valence-electron chi connectivity index (χ2n) is 4.03. The van der Waals surface area contributed by atoms with Gasteiger partial charge in [-0.1, -0.05) is 41.4 Å². The summed E-state index contributed by atoms with van der Waals surface area (Å²) in [5.41, 5.74) is 1.30. The van der Waals surface area contributed by atoms with Gasteiger partial charge in [-0.2, -0.15) is 10.4 Å². The maximum absolute atomic E-state index is 11.4. The van der Waals surface area contributed by atoms with Crippen LogP contribution in [0.25, 0.3) is 12.2 Å². The first kappa shape index (κ1) is 14.3. The molecule has 0 amide bonds. The van der Waals surface area contributed by atoms with Crippen LogP contribution in [0.4, 0.5) is 0 Å². The highest BCUT2D eigenvalue weighted by Gasteiger charge is 2.08. The van der Waals surface area contributed by atoms with Crippen molar-refractivity contribution in [3.8, 4) is 6.07 Å². The van der Waals surface area contributed by atoms with Gasteiger partial charge in [0.1, 0.15) is 11.6 Å². The molecule has 100 valence electrons. The predicted molar refractivity (Wildman–Crippen MR) is 79.7 cm³/mol. The predicted octanol–water partition coefficient (Wildman–Crippen LogP) is 3.43. The van der Waals surface area contributed by atoms with Crippen LogP contribution in [-0.4, -0.2) is 10.2 Å². The summed E-state index contributed by atoms with van der Waals surface area (Å²) in [4.78, 5) is 11.4. The molecule has 0 aliphatic carbocycles. The van der Waals surface area contributed by atoms with Crippen molar-refractivity contribution in [2.75, 3.05) is 0 Å². The summed E-state index contributed by atoms with van der Waals surface area (Å²) in [5.74, 6) is 0. The first-order valence-electron chi connectivity index (χ1n) is 5.66. The van der Waals surface area contributed by atoms with Gasteiger partial charge >= 0.3 is 0 Å². The second-order valence-corrected chi connectivity index (χ2v) is 4.81. The molecule has 0 fully saturated rings. The SMILES string of the molecule is Cc1c(/C=C/c2cccc(Cl)c2Cl)n[nH]c(=O)c1C#N. The van der Waals surface area contributed by atoms with E-state index in [1.165, 1.54) is 0 Å². The maximum Gasteiger partial charge on any atom is 0.282 e. The summed E-state index contributed by atoms with van der Waals surface area (Å²) in [7, 11) is 0. The van der Waals surface area contributed by atoms with Crippen molar-refractivity contribution in [2.24, 2.45) is 0 Å². The second kappa shape index (κ2) is 5.91. The third-order valence-electron chi connectivity index (χ3n) is 2.78. The number of rotatable bonds is 2. The number of hydrogen-bond acceptors (Lipinski definition) is 3. The van der Waals surface area contributed by atoms with Crippen LogP contribution in [0.15, 0.2) is 23.0 Å². The Balaban J connectivity index is 2.45. The summed E-state index contributed by atoms with van der Waals surface area (Å²) in [6.45, 7) is 1.67. The number of halogens is 2. The number of nitrogens with one attached hydrogen (secondary N) is 1. The minimum absolute atomic E-state index is 0.0526. The number of hydrogen-bond donors (Lipinski definition) is 1. The number of aromatic amines is 1. The number of benzene rings is 1. The Bertz CT molecular complexity index is 788. The highest BCUT2D eigenvalue weighted by molar-refractivity contribution is 6.42. The van der Waals surface area contributed by atoms with Crippen molar-refractivity contribution in [3.63, 3.8) is 0 Å². The smallest absolute Gasteiger partial charge is 0.267 e. The molecule has 0 unspecified atom stereocenters. The number of nitrogens with zero attached hydrogens (tertiary/aromatic N) is 2. The summed E-state index contributed by atoms with van der Waals surface area (Å²) in [5, 5.41) is 16.0. The fourth-order valence-electron chi connectivity index (χ4n) is 1.66. The van der Waals surface area contributed by atoms with Gasteiger partial charge in [-0.25, -0.2) is 5.10 Å². The Labute approximate surface area is 125 Å². The molecule has 2 rings (SSSR count). The van der Waals surface area contributed by atoms with Crippen molar-refractivity contribution >= 4 is 35.4 Å². The first-order valence-corrected chi connectivity index (χ1v) is 6.41. The standard InChI is InChI=1S/C14H9Cl2N3O/c1-8-10(7-17)14(20)19-18-12(8)6-5-9-3-2-4-11(15)13(9)16/h2-6H,1H3,(H,19,20)/b6-5+. The van der Waals surface area contributed by atoms with Crippen LogP contribution in [0, 0.1) is 18.3 Å². The van der Waals surface area contributed by atoms with Gasteiger partial charge in [-0.3, -0.25) is 4.79 Å². The molecule has 0 bridgehead atoms. The Morgan fingerprint density at radius 2 is 2.10 bits per heavy atom. The molecule has 0 radical (unpaired) electrons. The number of nitriles is 1. The van der Waals surface area contributed by atoms with Gasteiger partial charge in [0.25, 0.3) is 5.56 Å². The largest absolute Gasteiger partial charge is 0.282 e. The monoisotopic (exact) mass is 305 g/mol. The molecular weight excluding hydrogens is 297 g/mol. The first-order chi connectivity index (χ1) is 9.54. The summed E-state index contributed by atoms with van der Waals surface area (Å²) in [6, 6.07) is 7.13. The van der Waals surface area contributed by atoms with Crippen LogP contribution < -0.4 is 5.56 Å². The molecule has 1 heterocycles. The number of aromatic nitrogens is 2. The van der Waals surface area contributed by atoms with Crippen LogP contribution in [0.5, 0.6) is 0 Å². The van der Waals surface area contributed by atoms with Gasteiger partial charge < -0.3 is 0 Å². The van der Waals surface area contributed by atoms with Crippen LogP contribution in [-0.2, 0) is 0 Å². The lowest BCUT2D eigenvalue weighted by molar-refractivity contribution is 0.952. The molecule has 0 saturated carbocycles.